The molecular weight excluding hydrogens is 224 g/mol. The van der Waals surface area contributed by atoms with E-state index in [1.54, 1.807) is 13.2 Å². The quantitative estimate of drug-likeness (QED) is 0.765. The summed E-state index contributed by atoms with van der Waals surface area (Å²) in [6.45, 7) is 1.50. The Morgan fingerprint density at radius 2 is 2.12 bits per heavy atom. The van der Waals surface area contributed by atoms with E-state index in [9.17, 15) is 4.79 Å². The molecule has 0 bridgehead atoms. The summed E-state index contributed by atoms with van der Waals surface area (Å²) in [5, 5.41) is 2.32. The second-order valence-corrected chi connectivity index (χ2v) is 4.02. The van der Waals surface area contributed by atoms with Gasteiger partial charge in [0.2, 0.25) is 5.88 Å². The maximum absolute atomic E-state index is 11.1. The number of methoxy groups -OCH3 is 1. The number of thiazole rings is 1. The van der Waals surface area contributed by atoms with Gasteiger partial charge in [0.25, 0.3) is 0 Å². The number of ketones is 1. The lowest BCUT2D eigenvalue weighted by Gasteiger charge is -1.99. The van der Waals surface area contributed by atoms with Crippen LogP contribution in [0.1, 0.15) is 16.7 Å². The molecule has 4 nitrogen and oxygen atoms in total. The van der Waals surface area contributed by atoms with Gasteiger partial charge in [-0.1, -0.05) is 6.07 Å². The predicted molar refractivity (Wildman–Crippen MR) is 61.9 cm³/mol. The molecule has 2 aromatic heterocycles. The van der Waals surface area contributed by atoms with Crippen LogP contribution in [-0.2, 0) is 0 Å². The Hall–Kier alpha value is -1.75. The first-order chi connectivity index (χ1) is 7.70. The summed E-state index contributed by atoms with van der Waals surface area (Å²) < 4.78 is 5.03. The number of rotatable bonds is 3. The minimum Gasteiger partial charge on any atom is -0.481 e. The van der Waals surface area contributed by atoms with Crippen molar-refractivity contribution in [1.82, 2.24) is 9.97 Å². The van der Waals surface area contributed by atoms with Gasteiger partial charge < -0.3 is 4.74 Å². The summed E-state index contributed by atoms with van der Waals surface area (Å²) >= 11 is 1.32. The zero-order valence-electron chi connectivity index (χ0n) is 8.93. The minimum absolute atomic E-state index is 0.0286. The van der Waals surface area contributed by atoms with Gasteiger partial charge in [0.15, 0.2) is 10.8 Å². The molecule has 0 aliphatic rings. The van der Waals surface area contributed by atoms with Crippen molar-refractivity contribution in [2.75, 3.05) is 7.11 Å². The SMILES string of the molecule is COc1cccc(-c2csc(C(C)=O)n2)n1. The molecule has 0 amide bonds. The Balaban J connectivity index is 2.38. The summed E-state index contributed by atoms with van der Waals surface area (Å²) in [6.07, 6.45) is 0. The fraction of sp³-hybridized carbons (Fsp3) is 0.182. The van der Waals surface area contributed by atoms with Crippen LogP contribution in [0.15, 0.2) is 23.6 Å². The predicted octanol–water partition coefficient (Wildman–Crippen LogP) is 2.42. The molecule has 82 valence electrons. The topological polar surface area (TPSA) is 52.1 Å². The summed E-state index contributed by atoms with van der Waals surface area (Å²) in [7, 11) is 1.56. The minimum atomic E-state index is -0.0286. The van der Waals surface area contributed by atoms with Crippen molar-refractivity contribution >= 4 is 17.1 Å². The summed E-state index contributed by atoms with van der Waals surface area (Å²) in [5.41, 5.74) is 1.41. The van der Waals surface area contributed by atoms with Crippen molar-refractivity contribution in [1.29, 1.82) is 0 Å². The van der Waals surface area contributed by atoms with Crippen molar-refractivity contribution in [2.24, 2.45) is 0 Å². The maximum Gasteiger partial charge on any atom is 0.213 e. The number of ether oxygens (including phenoxy) is 1. The van der Waals surface area contributed by atoms with E-state index in [4.69, 9.17) is 4.74 Å². The van der Waals surface area contributed by atoms with E-state index in [-0.39, 0.29) is 5.78 Å². The Morgan fingerprint density at radius 1 is 1.31 bits per heavy atom. The van der Waals surface area contributed by atoms with Gasteiger partial charge in [0.1, 0.15) is 5.69 Å². The third-order valence-electron chi connectivity index (χ3n) is 2.00. The number of hydrogen-bond donors (Lipinski definition) is 0. The number of aromatic nitrogens is 2. The highest BCUT2D eigenvalue weighted by molar-refractivity contribution is 7.12. The number of carbonyl (C=O) groups is 1. The van der Waals surface area contributed by atoms with E-state index in [1.807, 2.05) is 17.5 Å². The second-order valence-electron chi connectivity index (χ2n) is 3.16. The molecule has 0 saturated heterocycles. The van der Waals surface area contributed by atoms with Crippen molar-refractivity contribution in [3.63, 3.8) is 0 Å². The molecule has 2 aromatic rings. The molecule has 2 rings (SSSR count). The van der Waals surface area contributed by atoms with Crippen molar-refractivity contribution in [2.45, 2.75) is 6.92 Å². The van der Waals surface area contributed by atoms with Gasteiger partial charge >= 0.3 is 0 Å². The van der Waals surface area contributed by atoms with Gasteiger partial charge in [-0.3, -0.25) is 4.79 Å². The molecule has 0 unspecified atom stereocenters. The van der Waals surface area contributed by atoms with Crippen molar-refractivity contribution < 1.29 is 9.53 Å². The maximum atomic E-state index is 11.1. The highest BCUT2D eigenvalue weighted by atomic mass is 32.1. The number of Topliss-reactive ketones (excluding diaryl/α,β-unsaturated/α-hetero) is 1. The molecule has 5 heteroatoms. The zero-order valence-corrected chi connectivity index (χ0v) is 9.75. The van der Waals surface area contributed by atoms with Crippen LogP contribution >= 0.6 is 11.3 Å². The van der Waals surface area contributed by atoms with Gasteiger partial charge in [-0.05, 0) is 6.07 Å². The van der Waals surface area contributed by atoms with Crippen LogP contribution in [0.2, 0.25) is 0 Å². The first-order valence-corrected chi connectivity index (χ1v) is 5.56. The van der Waals surface area contributed by atoms with E-state index in [1.165, 1.54) is 18.3 Å². The third kappa shape index (κ3) is 2.09. The van der Waals surface area contributed by atoms with Gasteiger partial charge in [-0.2, -0.15) is 0 Å². The molecule has 16 heavy (non-hydrogen) atoms. The lowest BCUT2D eigenvalue weighted by atomic mass is 10.3. The van der Waals surface area contributed by atoms with Crippen LogP contribution in [0.5, 0.6) is 5.88 Å². The average molecular weight is 234 g/mol. The van der Waals surface area contributed by atoms with E-state index in [0.717, 1.165) is 0 Å². The average Bonchev–Trinajstić information content (AvgIpc) is 2.78. The Labute approximate surface area is 96.9 Å². The third-order valence-corrected chi connectivity index (χ3v) is 2.94. The molecule has 2 heterocycles. The van der Waals surface area contributed by atoms with E-state index in [2.05, 4.69) is 9.97 Å². The standard InChI is InChI=1S/C11H10N2O2S/c1-7(14)11-13-9(6-16-11)8-4-3-5-10(12-8)15-2/h3-6H,1-2H3. The number of carbonyl (C=O) groups excluding carboxylic acids is 1. The highest BCUT2D eigenvalue weighted by Crippen LogP contribution is 2.22. The molecule has 0 aromatic carbocycles. The smallest absolute Gasteiger partial charge is 0.213 e. The number of nitrogens with zero attached hydrogens (tertiary/aromatic N) is 2. The van der Waals surface area contributed by atoms with Crippen LogP contribution in [0, 0.1) is 0 Å². The normalized spacial score (nSPS) is 10.1. The zero-order chi connectivity index (χ0) is 11.5. The first kappa shape index (κ1) is 10.8. The van der Waals surface area contributed by atoms with E-state index >= 15 is 0 Å². The Morgan fingerprint density at radius 3 is 2.75 bits per heavy atom. The van der Waals surface area contributed by atoms with Crippen molar-refractivity contribution in [3.05, 3.63) is 28.6 Å². The van der Waals surface area contributed by atoms with Crippen LogP contribution < -0.4 is 4.74 Å². The van der Waals surface area contributed by atoms with Crippen molar-refractivity contribution in [3.8, 4) is 17.3 Å². The van der Waals surface area contributed by atoms with Gasteiger partial charge in [-0.15, -0.1) is 11.3 Å². The lowest BCUT2D eigenvalue weighted by molar-refractivity contribution is 0.101. The van der Waals surface area contributed by atoms with Crippen LogP contribution in [0.4, 0.5) is 0 Å². The molecule has 0 fully saturated rings. The van der Waals surface area contributed by atoms with Crippen LogP contribution in [0.25, 0.3) is 11.4 Å². The van der Waals surface area contributed by atoms with Gasteiger partial charge in [0.05, 0.1) is 12.8 Å². The highest BCUT2D eigenvalue weighted by Gasteiger charge is 2.09. The monoisotopic (exact) mass is 234 g/mol. The molecule has 0 N–H and O–H groups in total. The largest absolute Gasteiger partial charge is 0.481 e. The molecule has 0 atom stereocenters. The van der Waals surface area contributed by atoms with Gasteiger partial charge in [0, 0.05) is 18.4 Å². The summed E-state index contributed by atoms with van der Waals surface area (Å²) in [6, 6.07) is 5.44. The van der Waals surface area contributed by atoms with Gasteiger partial charge in [-0.25, -0.2) is 9.97 Å². The van der Waals surface area contributed by atoms with Crippen LogP contribution in [0.3, 0.4) is 0 Å². The summed E-state index contributed by atoms with van der Waals surface area (Å²) in [4.78, 5) is 19.6. The molecule has 0 radical (unpaired) electrons. The van der Waals surface area contributed by atoms with E-state index < -0.39 is 0 Å². The van der Waals surface area contributed by atoms with Crippen LogP contribution in [-0.4, -0.2) is 22.9 Å². The fourth-order valence-corrected chi connectivity index (χ4v) is 1.94. The second kappa shape index (κ2) is 4.40. The Kier molecular flexibility index (Phi) is 2.96. The lowest BCUT2D eigenvalue weighted by Crippen LogP contribution is -1.92. The molecular formula is C11H10N2O2S. The molecule has 0 aliphatic carbocycles. The summed E-state index contributed by atoms with van der Waals surface area (Å²) in [5.74, 6) is 0.508. The molecule has 0 saturated carbocycles. The first-order valence-electron chi connectivity index (χ1n) is 4.68. The number of hydrogen-bond acceptors (Lipinski definition) is 5. The Bertz CT molecular complexity index is 522. The number of pyridine rings is 1. The molecule has 0 aliphatic heterocycles. The molecule has 0 spiro atoms. The van der Waals surface area contributed by atoms with E-state index in [0.29, 0.717) is 22.3 Å². The fourth-order valence-electron chi connectivity index (χ4n) is 1.22.